The van der Waals surface area contributed by atoms with Crippen molar-refractivity contribution in [2.24, 2.45) is 10.1 Å². The Labute approximate surface area is 180 Å². The third-order valence-electron chi connectivity index (χ3n) is 5.13. The molecule has 10 heteroatoms. The highest BCUT2D eigenvalue weighted by Crippen LogP contribution is 2.36. The summed E-state index contributed by atoms with van der Waals surface area (Å²) >= 11 is 0.235. The van der Waals surface area contributed by atoms with E-state index >= 15 is 0 Å². The summed E-state index contributed by atoms with van der Waals surface area (Å²) < 4.78 is 41.0. The van der Waals surface area contributed by atoms with E-state index in [-0.39, 0.29) is 22.5 Å². The molecule has 160 valence electrons. The number of halogens is 3. The molecule has 0 spiro atoms. The maximum atomic E-state index is 13.0. The minimum absolute atomic E-state index is 0.113. The Kier molecular flexibility index (Phi) is 4.92. The van der Waals surface area contributed by atoms with Crippen LogP contribution in [0.4, 0.5) is 13.2 Å². The number of hydrogen-bond donors (Lipinski definition) is 1. The van der Waals surface area contributed by atoms with E-state index in [9.17, 15) is 18.0 Å². The number of hydrogen-bond acceptors (Lipinski definition) is 4. The number of hydrazone groups is 1. The molecule has 1 aromatic carbocycles. The average Bonchev–Trinajstić information content (AvgIpc) is 3.21. The number of alkyl halides is 3. The Morgan fingerprint density at radius 3 is 2.39 bits per heavy atom. The maximum Gasteiger partial charge on any atom is 0.441 e. The molecule has 0 unspecified atom stereocenters. The lowest BCUT2D eigenvalue weighted by Crippen LogP contribution is -2.35. The van der Waals surface area contributed by atoms with Gasteiger partial charge in [-0.3, -0.25) is 10.2 Å². The van der Waals surface area contributed by atoms with Gasteiger partial charge >= 0.3 is 6.18 Å². The van der Waals surface area contributed by atoms with Gasteiger partial charge in [-0.2, -0.15) is 28.3 Å². The first-order chi connectivity index (χ1) is 14.5. The van der Waals surface area contributed by atoms with Crippen LogP contribution in [-0.2, 0) is 4.79 Å². The minimum Gasteiger partial charge on any atom is -0.317 e. The van der Waals surface area contributed by atoms with Crippen LogP contribution in [0, 0.1) is 33.1 Å². The predicted octanol–water partition coefficient (Wildman–Crippen LogP) is 4.89. The van der Waals surface area contributed by atoms with Crippen molar-refractivity contribution in [3.8, 4) is 5.69 Å². The van der Waals surface area contributed by atoms with E-state index in [2.05, 4.69) is 14.7 Å². The molecule has 0 radical (unpaired) electrons. The summed E-state index contributed by atoms with van der Waals surface area (Å²) in [5, 5.41) is 11.0. The predicted molar refractivity (Wildman–Crippen MR) is 116 cm³/mol. The van der Waals surface area contributed by atoms with Crippen LogP contribution in [-0.4, -0.2) is 37.7 Å². The largest absolute Gasteiger partial charge is 0.441 e. The van der Waals surface area contributed by atoms with Crippen LogP contribution in [0.3, 0.4) is 0 Å². The maximum absolute atomic E-state index is 13.0. The van der Waals surface area contributed by atoms with E-state index < -0.39 is 23.0 Å². The second-order valence-corrected chi connectivity index (χ2v) is 8.28. The SMILES string of the molecule is Cc1cccc(C)c1-n1c(C)cc(/C=C2\C(=N)N3N=C(C(F)(F)F)SC3=NC2=O)c1C. The molecule has 1 aromatic heterocycles. The van der Waals surface area contributed by atoms with Gasteiger partial charge in [0.2, 0.25) is 10.2 Å². The standard InChI is InChI=1S/C21H18F3N5OS/c1-10-6-5-7-11(2)16(10)28-12(3)8-14(13(28)4)9-15-17(25)29-20(26-18(15)30)31-19(27-29)21(22,23)24/h5-9,25H,1-4H3/b15-9+,25-17?. The molecule has 1 amide bonds. The molecule has 1 N–H and O–H groups in total. The van der Waals surface area contributed by atoms with Gasteiger partial charge in [0.1, 0.15) is 0 Å². The van der Waals surface area contributed by atoms with Crippen molar-refractivity contribution in [1.29, 1.82) is 5.41 Å². The van der Waals surface area contributed by atoms with Gasteiger partial charge in [0.25, 0.3) is 5.91 Å². The van der Waals surface area contributed by atoms with Crippen molar-refractivity contribution in [2.75, 3.05) is 0 Å². The minimum atomic E-state index is -4.67. The highest BCUT2D eigenvalue weighted by atomic mass is 32.2. The number of para-hydroxylation sites is 1. The van der Waals surface area contributed by atoms with Crippen molar-refractivity contribution >= 4 is 39.8 Å². The first kappa shape index (κ1) is 21.1. The second kappa shape index (κ2) is 7.23. The van der Waals surface area contributed by atoms with Crippen molar-refractivity contribution in [3.63, 3.8) is 0 Å². The van der Waals surface area contributed by atoms with Crippen LogP contribution in [0.25, 0.3) is 11.8 Å². The number of carbonyl (C=O) groups is 1. The van der Waals surface area contributed by atoms with Gasteiger partial charge in [-0.1, -0.05) is 18.2 Å². The summed E-state index contributed by atoms with van der Waals surface area (Å²) in [4.78, 5) is 16.2. The molecule has 2 aliphatic rings. The van der Waals surface area contributed by atoms with Gasteiger partial charge in [-0.05, 0) is 68.3 Å². The highest BCUT2D eigenvalue weighted by molar-refractivity contribution is 8.27. The monoisotopic (exact) mass is 445 g/mol. The summed E-state index contributed by atoms with van der Waals surface area (Å²) in [6.07, 6.45) is -3.18. The Balaban J connectivity index is 1.78. The average molecular weight is 445 g/mol. The van der Waals surface area contributed by atoms with E-state index in [4.69, 9.17) is 5.41 Å². The van der Waals surface area contributed by atoms with E-state index in [0.717, 1.165) is 33.2 Å². The number of aromatic nitrogens is 1. The number of rotatable bonds is 2. The van der Waals surface area contributed by atoms with Gasteiger partial charge < -0.3 is 4.57 Å². The van der Waals surface area contributed by atoms with E-state index in [1.165, 1.54) is 6.08 Å². The van der Waals surface area contributed by atoms with Gasteiger partial charge in [0.05, 0.1) is 11.3 Å². The van der Waals surface area contributed by atoms with Crippen LogP contribution in [0.15, 0.2) is 39.9 Å². The molecule has 0 atom stereocenters. The van der Waals surface area contributed by atoms with E-state index in [1.54, 1.807) is 0 Å². The number of carbonyl (C=O) groups excluding carboxylic acids is 1. The zero-order valence-electron chi connectivity index (χ0n) is 17.1. The molecule has 0 fully saturated rings. The number of aryl methyl sites for hydroxylation is 3. The lowest BCUT2D eigenvalue weighted by atomic mass is 10.1. The zero-order chi connectivity index (χ0) is 22.7. The number of fused-ring (bicyclic) bond motifs is 1. The topological polar surface area (TPSA) is 73.8 Å². The highest BCUT2D eigenvalue weighted by Gasteiger charge is 2.46. The molecular weight excluding hydrogens is 427 g/mol. The first-order valence-corrected chi connectivity index (χ1v) is 10.1. The quantitative estimate of drug-likeness (QED) is 0.669. The fourth-order valence-electron chi connectivity index (χ4n) is 3.70. The lowest BCUT2D eigenvalue weighted by molar-refractivity contribution is -0.114. The summed E-state index contributed by atoms with van der Waals surface area (Å²) in [6, 6.07) is 7.87. The van der Waals surface area contributed by atoms with E-state index in [1.807, 2.05) is 52.0 Å². The molecule has 0 saturated heterocycles. The van der Waals surface area contributed by atoms with Crippen molar-refractivity contribution in [1.82, 2.24) is 9.58 Å². The number of nitrogens with zero attached hydrogens (tertiary/aromatic N) is 4. The molecule has 4 rings (SSSR count). The number of thioether (sulfide) groups is 1. The number of nitrogens with one attached hydrogen (secondary N) is 1. The Bertz CT molecular complexity index is 1220. The Hall–Kier alpha value is -3.14. The summed E-state index contributed by atoms with van der Waals surface area (Å²) in [6.45, 7) is 7.85. The smallest absolute Gasteiger partial charge is 0.317 e. The number of benzene rings is 1. The third-order valence-corrected chi connectivity index (χ3v) is 6.08. The van der Waals surface area contributed by atoms with Gasteiger partial charge in [-0.25, -0.2) is 0 Å². The Morgan fingerprint density at radius 2 is 1.77 bits per heavy atom. The number of amides is 1. The van der Waals surface area contributed by atoms with Crippen molar-refractivity contribution < 1.29 is 18.0 Å². The summed E-state index contributed by atoms with van der Waals surface area (Å²) in [7, 11) is 0. The fourth-order valence-corrected chi connectivity index (χ4v) is 4.46. The van der Waals surface area contributed by atoms with Crippen LogP contribution >= 0.6 is 11.8 Å². The van der Waals surface area contributed by atoms with E-state index in [0.29, 0.717) is 5.56 Å². The zero-order valence-corrected chi connectivity index (χ0v) is 17.9. The molecule has 3 heterocycles. The molecule has 2 aliphatic heterocycles. The normalized spacial score (nSPS) is 17.9. The molecule has 31 heavy (non-hydrogen) atoms. The van der Waals surface area contributed by atoms with Crippen LogP contribution in [0.1, 0.15) is 28.1 Å². The number of amidine groups is 2. The third kappa shape index (κ3) is 3.50. The van der Waals surface area contributed by atoms with Crippen molar-refractivity contribution in [2.45, 2.75) is 33.9 Å². The first-order valence-electron chi connectivity index (χ1n) is 9.32. The van der Waals surface area contributed by atoms with Crippen LogP contribution in [0.2, 0.25) is 0 Å². The molecule has 6 nitrogen and oxygen atoms in total. The molecule has 0 saturated carbocycles. The summed E-state index contributed by atoms with van der Waals surface area (Å²) in [5.41, 5.74) is 5.53. The fraction of sp³-hybridized carbons (Fsp3) is 0.238. The molecule has 0 aliphatic carbocycles. The molecule has 2 aromatic rings. The second-order valence-electron chi connectivity index (χ2n) is 7.33. The molecule has 0 bridgehead atoms. The van der Waals surface area contributed by atoms with Crippen molar-refractivity contribution in [3.05, 3.63) is 57.9 Å². The van der Waals surface area contributed by atoms with Crippen LogP contribution in [0.5, 0.6) is 0 Å². The van der Waals surface area contributed by atoms with Crippen LogP contribution < -0.4 is 0 Å². The lowest BCUT2D eigenvalue weighted by Gasteiger charge is -2.20. The summed E-state index contributed by atoms with van der Waals surface area (Å²) in [5.74, 6) is -1.20. The molecular formula is C21H18F3N5OS. The van der Waals surface area contributed by atoms with Gasteiger partial charge in [0.15, 0.2) is 5.84 Å². The number of aliphatic imine (C=N–C) groups is 1. The Morgan fingerprint density at radius 1 is 1.13 bits per heavy atom. The van der Waals surface area contributed by atoms with Gasteiger partial charge in [0, 0.05) is 11.4 Å². The van der Waals surface area contributed by atoms with Gasteiger partial charge in [-0.15, -0.1) is 0 Å².